The molecule has 8 nitrogen and oxygen atoms in total. The standard InChI is InChI=1S/C26H32N4O4S2/c1-6-10-23-28-25(35-5)24(26(31)34-7-2)30(23)17-19-13-15-20(16-14-19)21-11-8-9-12-22(21)36(32,33)27-18-29(3)4/h8-9,11-16,18H,6-7,10,17H2,1-5H3. The first-order chi connectivity index (χ1) is 17.2. The molecule has 0 N–H and O–H groups in total. The van der Waals surface area contributed by atoms with E-state index in [4.69, 9.17) is 9.72 Å². The van der Waals surface area contributed by atoms with Crippen LogP contribution in [0.4, 0.5) is 0 Å². The van der Waals surface area contributed by atoms with E-state index in [2.05, 4.69) is 11.3 Å². The number of aromatic nitrogens is 2. The summed E-state index contributed by atoms with van der Waals surface area (Å²) in [6, 6.07) is 14.5. The van der Waals surface area contributed by atoms with E-state index in [1.807, 2.05) is 35.1 Å². The summed E-state index contributed by atoms with van der Waals surface area (Å²) in [5.41, 5.74) is 2.75. The largest absolute Gasteiger partial charge is 0.461 e. The van der Waals surface area contributed by atoms with Crippen LogP contribution < -0.4 is 0 Å². The van der Waals surface area contributed by atoms with Gasteiger partial charge in [0.05, 0.1) is 11.5 Å². The van der Waals surface area contributed by atoms with Crippen LogP contribution in [0.2, 0.25) is 0 Å². The third-order valence-corrected chi connectivity index (χ3v) is 7.29. The van der Waals surface area contributed by atoms with Crippen molar-refractivity contribution in [1.29, 1.82) is 0 Å². The number of hydrogen-bond acceptors (Lipinski definition) is 6. The second kappa shape index (κ2) is 12.2. The summed E-state index contributed by atoms with van der Waals surface area (Å²) in [4.78, 5) is 19.2. The van der Waals surface area contributed by atoms with Gasteiger partial charge in [-0.2, -0.15) is 8.42 Å². The van der Waals surface area contributed by atoms with Gasteiger partial charge in [-0.3, -0.25) is 0 Å². The molecule has 0 amide bonds. The second-order valence-corrected chi connectivity index (χ2v) is 10.7. The van der Waals surface area contributed by atoms with Gasteiger partial charge in [0.2, 0.25) is 0 Å². The van der Waals surface area contributed by atoms with Crippen LogP contribution in [0.5, 0.6) is 0 Å². The minimum Gasteiger partial charge on any atom is -0.461 e. The normalized spacial score (nSPS) is 11.7. The van der Waals surface area contributed by atoms with Crippen molar-refractivity contribution in [3.63, 3.8) is 0 Å². The van der Waals surface area contributed by atoms with Gasteiger partial charge in [0.1, 0.15) is 17.2 Å². The van der Waals surface area contributed by atoms with E-state index in [9.17, 15) is 13.2 Å². The highest BCUT2D eigenvalue weighted by molar-refractivity contribution is 7.98. The lowest BCUT2D eigenvalue weighted by Crippen LogP contribution is -2.15. The summed E-state index contributed by atoms with van der Waals surface area (Å²) in [7, 11) is -0.437. The molecule has 0 saturated carbocycles. The van der Waals surface area contributed by atoms with Gasteiger partial charge in [0.15, 0.2) is 5.69 Å². The smallest absolute Gasteiger partial charge is 0.357 e. The van der Waals surface area contributed by atoms with Gasteiger partial charge in [-0.15, -0.1) is 16.2 Å². The maximum atomic E-state index is 12.8. The Morgan fingerprint density at radius 2 is 1.83 bits per heavy atom. The molecule has 192 valence electrons. The van der Waals surface area contributed by atoms with Crippen molar-refractivity contribution in [3.05, 3.63) is 65.6 Å². The number of carbonyl (C=O) groups is 1. The zero-order valence-corrected chi connectivity index (χ0v) is 22.9. The quantitative estimate of drug-likeness (QED) is 0.154. The molecule has 0 aliphatic rings. The molecular formula is C26H32N4O4S2. The Morgan fingerprint density at radius 3 is 2.44 bits per heavy atom. The fraction of sp³-hybridized carbons (Fsp3) is 0.346. The number of sulfonamides is 1. The van der Waals surface area contributed by atoms with Crippen LogP contribution in [0.25, 0.3) is 11.1 Å². The SMILES string of the molecule is CCCc1nc(SC)c(C(=O)OCC)n1Cc1ccc(-c2ccccc2S(=O)(=O)N=CN(C)C)cc1. The number of nitrogens with zero attached hydrogens (tertiary/aromatic N) is 4. The summed E-state index contributed by atoms with van der Waals surface area (Å²) in [6.45, 7) is 4.60. The minimum atomic E-state index is -3.86. The van der Waals surface area contributed by atoms with Crippen molar-refractivity contribution >= 4 is 34.1 Å². The molecule has 0 unspecified atom stereocenters. The molecule has 36 heavy (non-hydrogen) atoms. The Hall–Kier alpha value is -3.11. The summed E-state index contributed by atoms with van der Waals surface area (Å²) in [6.07, 6.45) is 4.81. The molecular weight excluding hydrogens is 496 g/mol. The van der Waals surface area contributed by atoms with Crippen LogP contribution in [0.15, 0.2) is 62.9 Å². The van der Waals surface area contributed by atoms with Crippen LogP contribution in [-0.4, -0.2) is 62.1 Å². The summed E-state index contributed by atoms with van der Waals surface area (Å²) in [5.74, 6) is 0.454. The molecule has 3 aromatic rings. The molecule has 10 heteroatoms. The van der Waals surface area contributed by atoms with E-state index < -0.39 is 10.0 Å². The molecule has 0 atom stereocenters. The van der Waals surface area contributed by atoms with Gasteiger partial charge in [0, 0.05) is 32.6 Å². The molecule has 1 heterocycles. The first kappa shape index (κ1) is 27.5. The van der Waals surface area contributed by atoms with Crippen molar-refractivity contribution in [2.75, 3.05) is 27.0 Å². The number of esters is 1. The number of imidazole rings is 1. The van der Waals surface area contributed by atoms with E-state index in [1.165, 1.54) is 18.1 Å². The Morgan fingerprint density at radius 1 is 1.14 bits per heavy atom. The monoisotopic (exact) mass is 528 g/mol. The Bertz CT molecular complexity index is 1330. The highest BCUT2D eigenvalue weighted by Crippen LogP contribution is 2.29. The van der Waals surface area contributed by atoms with Crippen LogP contribution in [0.3, 0.4) is 0 Å². The first-order valence-electron chi connectivity index (χ1n) is 11.7. The Labute approximate surface area is 217 Å². The third-order valence-electron chi connectivity index (χ3n) is 5.34. The van der Waals surface area contributed by atoms with E-state index in [-0.39, 0.29) is 17.5 Å². The second-order valence-electron chi connectivity index (χ2n) is 8.30. The average Bonchev–Trinajstić information content (AvgIpc) is 3.20. The molecule has 0 spiro atoms. The van der Waals surface area contributed by atoms with Crippen molar-refractivity contribution in [3.8, 4) is 11.1 Å². The topological polar surface area (TPSA) is 93.9 Å². The average molecular weight is 529 g/mol. The van der Waals surface area contributed by atoms with Gasteiger partial charge < -0.3 is 14.2 Å². The van der Waals surface area contributed by atoms with Crippen LogP contribution in [-0.2, 0) is 27.7 Å². The number of benzene rings is 2. The summed E-state index contributed by atoms with van der Waals surface area (Å²) < 4.78 is 36.7. The Kier molecular flexibility index (Phi) is 9.33. The Balaban J connectivity index is 1.98. The molecule has 0 aliphatic heterocycles. The van der Waals surface area contributed by atoms with Gasteiger partial charge in [-0.25, -0.2) is 9.78 Å². The maximum Gasteiger partial charge on any atom is 0.357 e. The first-order valence-corrected chi connectivity index (χ1v) is 14.3. The van der Waals surface area contributed by atoms with Crippen LogP contribution >= 0.6 is 11.8 Å². The molecule has 3 rings (SSSR count). The molecule has 0 bridgehead atoms. The van der Waals surface area contributed by atoms with Crippen molar-refractivity contribution in [2.24, 2.45) is 4.40 Å². The van der Waals surface area contributed by atoms with E-state index in [0.29, 0.717) is 22.8 Å². The van der Waals surface area contributed by atoms with Gasteiger partial charge in [0.25, 0.3) is 10.0 Å². The van der Waals surface area contributed by atoms with Crippen molar-refractivity contribution in [2.45, 2.75) is 43.2 Å². The number of hydrogen-bond donors (Lipinski definition) is 0. The summed E-state index contributed by atoms with van der Waals surface area (Å²) >= 11 is 1.43. The van der Waals surface area contributed by atoms with Gasteiger partial charge in [-0.05, 0) is 36.8 Å². The highest BCUT2D eigenvalue weighted by Gasteiger charge is 2.24. The lowest BCUT2D eigenvalue weighted by Gasteiger charge is -2.13. The molecule has 0 radical (unpaired) electrons. The minimum absolute atomic E-state index is 0.143. The molecule has 2 aromatic carbocycles. The zero-order valence-electron chi connectivity index (χ0n) is 21.3. The number of ether oxygens (including phenoxy) is 1. The molecule has 0 fully saturated rings. The predicted octanol–water partition coefficient (Wildman–Crippen LogP) is 4.73. The fourth-order valence-corrected chi connectivity index (χ4v) is 5.44. The highest BCUT2D eigenvalue weighted by atomic mass is 32.2. The third kappa shape index (κ3) is 6.36. The fourth-order valence-electron chi connectivity index (χ4n) is 3.71. The number of rotatable bonds is 11. The lowest BCUT2D eigenvalue weighted by atomic mass is 10.0. The number of thioether (sulfide) groups is 1. The van der Waals surface area contributed by atoms with Crippen molar-refractivity contribution in [1.82, 2.24) is 14.5 Å². The molecule has 1 aromatic heterocycles. The van der Waals surface area contributed by atoms with Crippen LogP contribution in [0.1, 0.15) is 42.1 Å². The van der Waals surface area contributed by atoms with Crippen LogP contribution in [0, 0.1) is 0 Å². The summed E-state index contributed by atoms with van der Waals surface area (Å²) in [5, 5.41) is 0.658. The van der Waals surface area contributed by atoms with Gasteiger partial charge >= 0.3 is 5.97 Å². The zero-order chi connectivity index (χ0) is 26.3. The van der Waals surface area contributed by atoms with Crippen molar-refractivity contribution < 1.29 is 17.9 Å². The van der Waals surface area contributed by atoms with E-state index >= 15 is 0 Å². The maximum absolute atomic E-state index is 12.8. The molecule has 0 aliphatic carbocycles. The lowest BCUT2D eigenvalue weighted by molar-refractivity contribution is 0.0509. The number of aryl methyl sites for hydroxylation is 1. The molecule has 0 saturated heterocycles. The van der Waals surface area contributed by atoms with Gasteiger partial charge in [-0.1, -0.05) is 49.4 Å². The number of carbonyl (C=O) groups excluding carboxylic acids is 1. The predicted molar refractivity (Wildman–Crippen MR) is 144 cm³/mol. The van der Waals surface area contributed by atoms with E-state index in [0.717, 1.165) is 29.8 Å². The van der Waals surface area contributed by atoms with E-state index in [1.54, 1.807) is 50.2 Å².